The highest BCUT2D eigenvalue weighted by Gasteiger charge is 2.31. The van der Waals surface area contributed by atoms with E-state index in [4.69, 9.17) is 4.58 Å². The molecule has 5 nitrogen and oxygen atoms in total. The van der Waals surface area contributed by atoms with Gasteiger partial charge in [-0.25, -0.2) is 0 Å². The highest BCUT2D eigenvalue weighted by molar-refractivity contribution is 7.53. The maximum absolute atomic E-state index is 11.6. The maximum atomic E-state index is 11.6. The monoisotopic (exact) mass is 296 g/mol. The SMILES string of the molecule is CCCC[Si](C)(C)OOP(=O)(O)CC(=O)CCC. The lowest BCUT2D eigenvalue weighted by Gasteiger charge is -2.22. The third kappa shape index (κ3) is 9.00. The molecule has 0 aromatic rings. The first-order valence-electron chi connectivity index (χ1n) is 6.43. The maximum Gasteiger partial charge on any atom is 0.361 e. The zero-order valence-electron chi connectivity index (χ0n) is 11.8. The van der Waals surface area contributed by atoms with E-state index >= 15 is 0 Å². The van der Waals surface area contributed by atoms with E-state index in [1.165, 1.54) is 0 Å². The molecule has 0 fully saturated rings. The molecule has 0 saturated carbocycles. The minimum absolute atomic E-state index is 0.264. The number of ketones is 1. The summed E-state index contributed by atoms with van der Waals surface area (Å²) >= 11 is 0. The number of carbonyl (C=O) groups is 1. The molecule has 1 unspecified atom stereocenters. The lowest BCUT2D eigenvalue weighted by Crippen LogP contribution is -2.30. The Bertz CT molecular complexity index is 306. The van der Waals surface area contributed by atoms with Crippen molar-refractivity contribution in [1.29, 1.82) is 0 Å². The van der Waals surface area contributed by atoms with E-state index in [0.29, 0.717) is 12.8 Å². The Morgan fingerprint density at radius 3 is 2.39 bits per heavy atom. The fourth-order valence-electron chi connectivity index (χ4n) is 1.41. The summed E-state index contributed by atoms with van der Waals surface area (Å²) in [7, 11) is -6.01. The van der Waals surface area contributed by atoms with Gasteiger partial charge in [0, 0.05) is 6.42 Å². The lowest BCUT2D eigenvalue weighted by atomic mass is 10.3. The predicted octanol–water partition coefficient (Wildman–Crippen LogP) is 3.49. The number of hydrogen-bond acceptors (Lipinski definition) is 4. The molecular formula is C11H25O5PSi. The molecule has 1 atom stereocenters. The second kappa shape index (κ2) is 8.22. The Morgan fingerprint density at radius 2 is 1.89 bits per heavy atom. The van der Waals surface area contributed by atoms with Crippen LogP contribution in [0.15, 0.2) is 0 Å². The summed E-state index contributed by atoms with van der Waals surface area (Å²) < 4.78 is 21.4. The highest BCUT2D eigenvalue weighted by atomic mass is 31.2. The van der Waals surface area contributed by atoms with Crippen LogP contribution in [-0.4, -0.2) is 25.2 Å². The summed E-state index contributed by atoms with van der Waals surface area (Å²) in [6.07, 6.45) is 2.55. The van der Waals surface area contributed by atoms with Crippen LogP contribution in [0.2, 0.25) is 19.1 Å². The second-order valence-electron chi connectivity index (χ2n) is 5.11. The fraction of sp³-hybridized carbons (Fsp3) is 0.909. The van der Waals surface area contributed by atoms with Crippen LogP contribution in [0, 0.1) is 0 Å². The van der Waals surface area contributed by atoms with Crippen LogP contribution in [0.25, 0.3) is 0 Å². The summed E-state index contributed by atoms with van der Waals surface area (Å²) in [5, 5.41) is 0. The molecule has 0 aromatic heterocycles. The Hall–Kier alpha value is -0.00312. The van der Waals surface area contributed by atoms with Gasteiger partial charge in [0.05, 0.1) is 0 Å². The average molecular weight is 296 g/mol. The molecular weight excluding hydrogens is 271 g/mol. The van der Waals surface area contributed by atoms with Crippen LogP contribution >= 0.6 is 7.60 Å². The van der Waals surface area contributed by atoms with Gasteiger partial charge in [-0.15, -0.1) is 0 Å². The molecule has 0 heterocycles. The highest BCUT2D eigenvalue weighted by Crippen LogP contribution is 2.43. The minimum atomic E-state index is -3.94. The van der Waals surface area contributed by atoms with E-state index in [-0.39, 0.29) is 5.78 Å². The molecule has 0 aliphatic rings. The molecule has 0 spiro atoms. The van der Waals surface area contributed by atoms with Crippen molar-refractivity contribution >= 4 is 21.7 Å². The van der Waals surface area contributed by atoms with E-state index in [1.54, 1.807) is 0 Å². The van der Waals surface area contributed by atoms with E-state index in [9.17, 15) is 14.3 Å². The van der Waals surface area contributed by atoms with E-state index < -0.39 is 22.1 Å². The minimum Gasteiger partial charge on any atom is -0.322 e. The molecule has 0 radical (unpaired) electrons. The van der Waals surface area contributed by atoms with Crippen molar-refractivity contribution in [2.45, 2.75) is 58.7 Å². The van der Waals surface area contributed by atoms with Crippen molar-refractivity contribution in [2.24, 2.45) is 0 Å². The van der Waals surface area contributed by atoms with Crippen LogP contribution in [0.1, 0.15) is 39.5 Å². The normalized spacial score (nSPS) is 15.4. The molecule has 108 valence electrons. The van der Waals surface area contributed by atoms with E-state index in [1.807, 2.05) is 20.0 Å². The summed E-state index contributed by atoms with van der Waals surface area (Å²) in [6, 6.07) is 0.867. The number of Topliss-reactive ketones (excluding diaryl/α,β-unsaturated/α-hetero) is 1. The summed E-state index contributed by atoms with van der Waals surface area (Å²) in [5.74, 6) is -0.264. The summed E-state index contributed by atoms with van der Waals surface area (Å²) in [4.78, 5) is 20.8. The Labute approximate surface area is 110 Å². The van der Waals surface area contributed by atoms with Crippen molar-refractivity contribution in [3.05, 3.63) is 0 Å². The van der Waals surface area contributed by atoms with Crippen molar-refractivity contribution < 1.29 is 23.5 Å². The standard InChI is InChI=1S/C11H25O5PSi/c1-5-7-9-18(3,4)16-15-17(13,14)10-11(12)8-6-2/h5-10H2,1-4H3,(H,13,14). The van der Waals surface area contributed by atoms with Crippen molar-refractivity contribution in [1.82, 2.24) is 0 Å². The Balaban J connectivity index is 4.17. The molecule has 0 aliphatic heterocycles. The molecule has 0 amide bonds. The number of hydrogen-bond donors (Lipinski definition) is 1. The molecule has 7 heteroatoms. The number of rotatable bonds is 10. The molecule has 1 N–H and O–H groups in total. The first kappa shape index (κ1) is 18.0. The fourth-order valence-corrected chi connectivity index (χ4v) is 4.63. The Kier molecular flexibility index (Phi) is 8.22. The van der Waals surface area contributed by atoms with Gasteiger partial charge < -0.3 is 4.89 Å². The lowest BCUT2D eigenvalue weighted by molar-refractivity contribution is -0.126. The zero-order valence-corrected chi connectivity index (χ0v) is 13.7. The van der Waals surface area contributed by atoms with Crippen molar-refractivity contribution in [3.8, 4) is 0 Å². The molecule has 0 aromatic carbocycles. The molecule has 18 heavy (non-hydrogen) atoms. The van der Waals surface area contributed by atoms with E-state index in [2.05, 4.69) is 11.6 Å². The number of unbranched alkanes of at least 4 members (excludes halogenated alkanes) is 1. The van der Waals surface area contributed by atoms with Gasteiger partial charge in [-0.3, -0.25) is 13.9 Å². The first-order valence-corrected chi connectivity index (χ1v) is 11.3. The van der Waals surface area contributed by atoms with E-state index in [0.717, 1.165) is 18.9 Å². The number of carbonyl (C=O) groups excluding carboxylic acids is 1. The van der Waals surface area contributed by atoms with Gasteiger partial charge in [0.2, 0.25) is 8.32 Å². The molecule has 0 rings (SSSR count). The van der Waals surface area contributed by atoms with Gasteiger partial charge >= 0.3 is 7.60 Å². The summed E-state index contributed by atoms with van der Waals surface area (Å²) in [6.45, 7) is 7.77. The summed E-state index contributed by atoms with van der Waals surface area (Å²) in [5.41, 5.74) is 0. The molecule has 0 bridgehead atoms. The second-order valence-corrected chi connectivity index (χ2v) is 11.0. The largest absolute Gasteiger partial charge is 0.361 e. The third-order valence-corrected chi connectivity index (χ3v) is 5.71. The first-order chi connectivity index (χ1) is 8.22. The van der Waals surface area contributed by atoms with Gasteiger partial charge in [-0.05, 0) is 25.6 Å². The molecule has 0 aliphatic carbocycles. The average Bonchev–Trinajstić information content (AvgIpc) is 2.24. The predicted molar refractivity (Wildman–Crippen MR) is 74.0 cm³/mol. The quantitative estimate of drug-likeness (QED) is 0.289. The Morgan fingerprint density at radius 1 is 1.28 bits per heavy atom. The van der Waals surface area contributed by atoms with Crippen LogP contribution in [0.4, 0.5) is 0 Å². The van der Waals surface area contributed by atoms with Crippen molar-refractivity contribution in [3.63, 3.8) is 0 Å². The van der Waals surface area contributed by atoms with Crippen molar-refractivity contribution in [2.75, 3.05) is 6.16 Å². The third-order valence-electron chi connectivity index (χ3n) is 2.42. The van der Waals surface area contributed by atoms with Gasteiger partial charge in [0.1, 0.15) is 11.9 Å². The van der Waals surface area contributed by atoms with Gasteiger partial charge in [-0.1, -0.05) is 26.7 Å². The van der Waals surface area contributed by atoms with Crippen LogP contribution in [0.3, 0.4) is 0 Å². The van der Waals surface area contributed by atoms with Crippen LogP contribution in [-0.2, 0) is 18.6 Å². The smallest absolute Gasteiger partial charge is 0.322 e. The van der Waals surface area contributed by atoms with Crippen LogP contribution < -0.4 is 0 Å². The topological polar surface area (TPSA) is 72.8 Å². The zero-order chi connectivity index (χ0) is 14.2. The molecule has 0 saturated heterocycles. The van der Waals surface area contributed by atoms with Gasteiger partial charge in [-0.2, -0.15) is 4.67 Å². The van der Waals surface area contributed by atoms with Gasteiger partial charge in [0.15, 0.2) is 0 Å². The van der Waals surface area contributed by atoms with Crippen LogP contribution in [0.5, 0.6) is 0 Å². The van der Waals surface area contributed by atoms with Gasteiger partial charge in [0.25, 0.3) is 0 Å².